The van der Waals surface area contributed by atoms with Gasteiger partial charge < -0.3 is 9.64 Å². The number of fused-ring (bicyclic) bond motifs is 1. The van der Waals surface area contributed by atoms with Crippen LogP contribution in [0.25, 0.3) is 28.0 Å². The Labute approximate surface area is 203 Å². The third-order valence-electron chi connectivity index (χ3n) is 6.03. The van der Waals surface area contributed by atoms with Gasteiger partial charge in [-0.25, -0.2) is 14.0 Å². The number of benzene rings is 1. The van der Waals surface area contributed by atoms with Crippen LogP contribution in [0.5, 0.6) is 0 Å². The number of likely N-dealkylation sites (tertiary alicyclic amines) is 1. The Hall–Kier alpha value is -4.01. The van der Waals surface area contributed by atoms with Crippen LogP contribution in [0.1, 0.15) is 39.7 Å². The van der Waals surface area contributed by atoms with Crippen molar-refractivity contribution < 1.29 is 9.53 Å². The lowest BCUT2D eigenvalue weighted by Gasteiger charge is -2.33. The molecule has 0 atom stereocenters. The molecule has 3 aromatic heterocycles. The van der Waals surface area contributed by atoms with Gasteiger partial charge in [-0.2, -0.15) is 10.2 Å². The van der Waals surface area contributed by atoms with Gasteiger partial charge in [0.05, 0.1) is 29.0 Å². The summed E-state index contributed by atoms with van der Waals surface area (Å²) < 4.78 is 8.82. The lowest BCUT2D eigenvalue weighted by molar-refractivity contribution is 0.0183. The first-order chi connectivity index (χ1) is 16.8. The van der Waals surface area contributed by atoms with Crippen molar-refractivity contribution in [2.45, 2.75) is 45.3 Å². The molecular formula is C26H28N6O3. The highest BCUT2D eigenvalue weighted by atomic mass is 16.6. The Morgan fingerprint density at radius 3 is 2.49 bits per heavy atom. The van der Waals surface area contributed by atoms with E-state index >= 15 is 0 Å². The topological polar surface area (TPSA) is 94.6 Å². The number of aromatic nitrogens is 5. The smallest absolute Gasteiger partial charge is 0.410 e. The van der Waals surface area contributed by atoms with Crippen molar-refractivity contribution in [3.63, 3.8) is 0 Å². The maximum absolute atomic E-state index is 12.8. The minimum atomic E-state index is -0.541. The summed E-state index contributed by atoms with van der Waals surface area (Å²) in [5.41, 5.74) is 3.31. The van der Waals surface area contributed by atoms with Crippen molar-refractivity contribution in [1.29, 1.82) is 0 Å². The van der Waals surface area contributed by atoms with Crippen molar-refractivity contribution in [3.05, 3.63) is 71.4 Å². The molecule has 0 N–H and O–H groups in total. The van der Waals surface area contributed by atoms with Crippen molar-refractivity contribution >= 4 is 11.6 Å². The quantitative estimate of drug-likeness (QED) is 0.444. The molecule has 0 saturated carbocycles. The maximum atomic E-state index is 12.8. The fourth-order valence-corrected chi connectivity index (χ4v) is 4.39. The molecule has 1 saturated heterocycles. The molecule has 0 spiro atoms. The van der Waals surface area contributed by atoms with Crippen LogP contribution in [0.3, 0.4) is 0 Å². The van der Waals surface area contributed by atoms with Crippen molar-refractivity contribution in [3.8, 4) is 22.5 Å². The molecule has 180 valence electrons. The standard InChI is InChI=1S/C26H28N6O3/c1-26(2,3)35-25(34)30-14-11-19(12-15-30)32-22(33)10-9-20(28-32)23-21-17-27-13-16-31(21)29-24(23)18-7-5-4-6-8-18/h4-10,13,16-17,19H,11-12,14-15H2,1-3H3. The molecule has 1 aromatic carbocycles. The SMILES string of the molecule is CC(C)(C)OC(=O)N1CCC(n2nc(-c3c(-c4ccccc4)nn4ccncc34)ccc2=O)CC1. The first-order valence-corrected chi connectivity index (χ1v) is 11.8. The Morgan fingerprint density at radius 1 is 1.03 bits per heavy atom. The molecule has 9 nitrogen and oxygen atoms in total. The molecule has 1 fully saturated rings. The Bertz CT molecular complexity index is 1410. The number of hydrogen-bond acceptors (Lipinski definition) is 6. The zero-order valence-electron chi connectivity index (χ0n) is 20.1. The van der Waals surface area contributed by atoms with E-state index in [1.165, 1.54) is 0 Å². The van der Waals surface area contributed by atoms with E-state index in [9.17, 15) is 9.59 Å². The molecule has 4 heterocycles. The van der Waals surface area contributed by atoms with E-state index in [1.807, 2.05) is 51.1 Å². The van der Waals surface area contributed by atoms with Gasteiger partial charge in [0.1, 0.15) is 11.3 Å². The lowest BCUT2D eigenvalue weighted by Crippen LogP contribution is -2.43. The van der Waals surface area contributed by atoms with Crippen LogP contribution in [0.15, 0.2) is 65.8 Å². The molecule has 0 aliphatic carbocycles. The number of amides is 1. The van der Waals surface area contributed by atoms with Crippen molar-refractivity contribution in [1.82, 2.24) is 29.3 Å². The van der Waals surface area contributed by atoms with E-state index in [4.69, 9.17) is 14.9 Å². The molecule has 1 amide bonds. The number of ether oxygens (including phenoxy) is 1. The second-order valence-electron chi connectivity index (χ2n) is 9.70. The molecule has 0 unspecified atom stereocenters. The summed E-state index contributed by atoms with van der Waals surface area (Å²) in [6.45, 7) is 6.58. The Kier molecular flexibility index (Phi) is 5.84. The summed E-state index contributed by atoms with van der Waals surface area (Å²) in [4.78, 5) is 31.2. The third-order valence-corrected chi connectivity index (χ3v) is 6.03. The van der Waals surface area contributed by atoms with Gasteiger partial charge in [-0.05, 0) is 39.7 Å². The van der Waals surface area contributed by atoms with Gasteiger partial charge in [0.2, 0.25) is 0 Å². The number of piperidine rings is 1. The van der Waals surface area contributed by atoms with Gasteiger partial charge in [-0.15, -0.1) is 0 Å². The number of hydrogen-bond donors (Lipinski definition) is 0. The molecule has 0 bridgehead atoms. The van der Waals surface area contributed by atoms with Crippen LogP contribution in [0.2, 0.25) is 0 Å². The van der Waals surface area contributed by atoms with E-state index in [1.54, 1.807) is 44.8 Å². The van der Waals surface area contributed by atoms with Crippen LogP contribution in [0.4, 0.5) is 4.79 Å². The van der Waals surface area contributed by atoms with E-state index in [0.29, 0.717) is 31.6 Å². The average molecular weight is 473 g/mol. The minimum Gasteiger partial charge on any atom is -0.444 e. The van der Waals surface area contributed by atoms with Crippen LogP contribution < -0.4 is 5.56 Å². The van der Waals surface area contributed by atoms with Crippen molar-refractivity contribution in [2.24, 2.45) is 0 Å². The molecule has 4 aromatic rings. The zero-order chi connectivity index (χ0) is 24.6. The average Bonchev–Trinajstić information content (AvgIpc) is 3.24. The van der Waals surface area contributed by atoms with E-state index in [2.05, 4.69) is 4.98 Å². The van der Waals surface area contributed by atoms with Crippen LogP contribution in [-0.2, 0) is 4.74 Å². The lowest BCUT2D eigenvalue weighted by atomic mass is 10.0. The van der Waals surface area contributed by atoms with Crippen LogP contribution in [-0.4, -0.2) is 54.1 Å². The third kappa shape index (κ3) is 4.66. The number of rotatable bonds is 3. The molecule has 1 aliphatic rings. The van der Waals surface area contributed by atoms with Gasteiger partial charge in [0, 0.05) is 37.1 Å². The van der Waals surface area contributed by atoms with Crippen LogP contribution >= 0.6 is 0 Å². The molecular weight excluding hydrogens is 444 g/mol. The van der Waals surface area contributed by atoms with E-state index < -0.39 is 5.60 Å². The zero-order valence-corrected chi connectivity index (χ0v) is 20.1. The number of carbonyl (C=O) groups is 1. The van der Waals surface area contributed by atoms with E-state index in [-0.39, 0.29) is 17.7 Å². The molecule has 9 heteroatoms. The van der Waals surface area contributed by atoms with Gasteiger partial charge in [-0.3, -0.25) is 9.78 Å². The highest BCUT2D eigenvalue weighted by molar-refractivity contribution is 5.90. The summed E-state index contributed by atoms with van der Waals surface area (Å²) in [5, 5.41) is 9.57. The molecule has 0 radical (unpaired) electrons. The predicted octanol–water partition coefficient (Wildman–Crippen LogP) is 4.19. The largest absolute Gasteiger partial charge is 0.444 e. The number of carbonyl (C=O) groups excluding carboxylic acids is 1. The maximum Gasteiger partial charge on any atom is 0.410 e. The second kappa shape index (κ2) is 8.98. The normalized spacial score (nSPS) is 14.9. The monoisotopic (exact) mass is 472 g/mol. The number of nitrogens with zero attached hydrogens (tertiary/aromatic N) is 6. The first kappa shape index (κ1) is 22.8. The van der Waals surface area contributed by atoms with Gasteiger partial charge in [0.15, 0.2) is 0 Å². The summed E-state index contributed by atoms with van der Waals surface area (Å²) in [7, 11) is 0. The summed E-state index contributed by atoms with van der Waals surface area (Å²) in [6, 6.07) is 13.1. The molecule has 35 heavy (non-hydrogen) atoms. The van der Waals surface area contributed by atoms with Gasteiger partial charge in [-0.1, -0.05) is 30.3 Å². The van der Waals surface area contributed by atoms with Gasteiger partial charge in [0.25, 0.3) is 5.56 Å². The molecule has 1 aliphatic heterocycles. The molecule has 5 rings (SSSR count). The fraction of sp³-hybridized carbons (Fsp3) is 0.346. The van der Waals surface area contributed by atoms with Gasteiger partial charge >= 0.3 is 6.09 Å². The van der Waals surface area contributed by atoms with Crippen molar-refractivity contribution in [2.75, 3.05) is 13.1 Å². The highest BCUT2D eigenvalue weighted by Crippen LogP contribution is 2.33. The highest BCUT2D eigenvalue weighted by Gasteiger charge is 2.29. The minimum absolute atomic E-state index is 0.110. The predicted molar refractivity (Wildman–Crippen MR) is 132 cm³/mol. The first-order valence-electron chi connectivity index (χ1n) is 11.8. The summed E-state index contributed by atoms with van der Waals surface area (Å²) >= 11 is 0. The summed E-state index contributed by atoms with van der Waals surface area (Å²) in [6.07, 6.45) is 6.16. The Balaban J connectivity index is 1.48. The van der Waals surface area contributed by atoms with Crippen LogP contribution in [0, 0.1) is 0 Å². The Morgan fingerprint density at radius 2 is 1.77 bits per heavy atom. The van der Waals surface area contributed by atoms with E-state index in [0.717, 1.165) is 22.3 Å². The summed E-state index contributed by atoms with van der Waals surface area (Å²) in [5.74, 6) is 0. The second-order valence-corrected chi connectivity index (χ2v) is 9.70. The fourth-order valence-electron chi connectivity index (χ4n) is 4.39.